The van der Waals surface area contributed by atoms with Crippen LogP contribution in [0, 0.1) is 0 Å². The van der Waals surface area contributed by atoms with Gasteiger partial charge in [-0.15, -0.1) is 0 Å². The summed E-state index contributed by atoms with van der Waals surface area (Å²) in [6, 6.07) is 4.39. The number of rotatable bonds is 7. The lowest BCUT2D eigenvalue weighted by atomic mass is 10.2. The van der Waals surface area contributed by atoms with Crippen LogP contribution < -0.4 is 10.5 Å². The summed E-state index contributed by atoms with van der Waals surface area (Å²) >= 11 is 0. The van der Waals surface area contributed by atoms with Crippen LogP contribution >= 0.6 is 0 Å². The molecular formula is C18H24F3N3O2. The molecule has 1 aromatic rings. The molecule has 1 unspecified atom stereocenters. The zero-order valence-corrected chi connectivity index (χ0v) is 14.6. The molecule has 1 aromatic carbocycles. The standard InChI is InChI=1S/C18H24F3N3O2/c1-2-3-4-5-16(22)23-10-11-24(13-23)17(25)12-26-15-8-6-14(7-9-15)18(19,20)21/h3-9,17,25H,2,10-13,22H2,1H3/b4-3-,16-5+. The maximum absolute atomic E-state index is 12.5. The summed E-state index contributed by atoms with van der Waals surface area (Å²) < 4.78 is 43.0. The van der Waals surface area contributed by atoms with Crippen LogP contribution in [0.4, 0.5) is 13.2 Å². The van der Waals surface area contributed by atoms with Gasteiger partial charge in [0, 0.05) is 13.1 Å². The average Bonchev–Trinajstić information content (AvgIpc) is 3.09. The Labute approximate surface area is 151 Å². The molecule has 0 spiro atoms. The molecule has 0 aliphatic carbocycles. The number of aliphatic hydroxyl groups excluding tert-OH is 1. The van der Waals surface area contributed by atoms with Crippen molar-refractivity contribution in [3.63, 3.8) is 0 Å². The predicted molar refractivity (Wildman–Crippen MR) is 92.9 cm³/mol. The van der Waals surface area contributed by atoms with Crippen LogP contribution in [0.2, 0.25) is 0 Å². The van der Waals surface area contributed by atoms with Gasteiger partial charge in [-0.3, -0.25) is 4.90 Å². The number of nitrogens with two attached hydrogens (primary N) is 1. The number of alkyl halides is 3. The minimum absolute atomic E-state index is 0.0431. The van der Waals surface area contributed by atoms with Crippen molar-refractivity contribution in [1.82, 2.24) is 9.80 Å². The Balaban J connectivity index is 1.82. The second kappa shape index (κ2) is 8.95. The highest BCUT2D eigenvalue weighted by molar-refractivity contribution is 5.28. The van der Waals surface area contributed by atoms with E-state index in [9.17, 15) is 18.3 Å². The first kappa shape index (κ1) is 20.1. The molecule has 0 amide bonds. The minimum Gasteiger partial charge on any atom is -0.489 e. The Hall–Kier alpha value is -2.19. The van der Waals surface area contributed by atoms with Crippen molar-refractivity contribution in [2.24, 2.45) is 5.73 Å². The third kappa shape index (κ3) is 5.67. The third-order valence-corrected chi connectivity index (χ3v) is 4.02. The van der Waals surface area contributed by atoms with Gasteiger partial charge in [-0.2, -0.15) is 13.2 Å². The van der Waals surface area contributed by atoms with E-state index in [1.807, 2.05) is 30.1 Å². The molecule has 1 aliphatic heterocycles. The molecular weight excluding hydrogens is 347 g/mol. The first-order chi connectivity index (χ1) is 12.3. The van der Waals surface area contributed by atoms with Gasteiger partial charge in [0.05, 0.1) is 18.1 Å². The molecule has 3 N–H and O–H groups in total. The molecule has 8 heteroatoms. The van der Waals surface area contributed by atoms with E-state index in [1.165, 1.54) is 12.1 Å². The monoisotopic (exact) mass is 371 g/mol. The minimum atomic E-state index is -4.38. The third-order valence-electron chi connectivity index (χ3n) is 4.02. The Morgan fingerprint density at radius 1 is 1.31 bits per heavy atom. The highest BCUT2D eigenvalue weighted by Crippen LogP contribution is 2.30. The number of benzene rings is 1. The number of halogens is 3. The fraction of sp³-hybridized carbons (Fsp3) is 0.444. The number of aliphatic hydroxyl groups is 1. The van der Waals surface area contributed by atoms with Gasteiger partial charge in [-0.25, -0.2) is 0 Å². The molecule has 0 saturated carbocycles. The van der Waals surface area contributed by atoms with E-state index in [4.69, 9.17) is 10.5 Å². The van der Waals surface area contributed by atoms with Gasteiger partial charge in [0.1, 0.15) is 18.6 Å². The Morgan fingerprint density at radius 3 is 2.62 bits per heavy atom. The van der Waals surface area contributed by atoms with Crippen LogP contribution in [0.25, 0.3) is 0 Å². The number of ether oxygens (including phenoxy) is 1. The Morgan fingerprint density at radius 2 is 2.00 bits per heavy atom. The van der Waals surface area contributed by atoms with Crippen LogP contribution in [-0.4, -0.2) is 47.5 Å². The molecule has 1 fully saturated rings. The molecule has 0 aromatic heterocycles. The van der Waals surface area contributed by atoms with Gasteiger partial charge >= 0.3 is 6.18 Å². The fourth-order valence-corrected chi connectivity index (χ4v) is 2.49. The Bertz CT molecular complexity index is 630. The van der Waals surface area contributed by atoms with Crippen molar-refractivity contribution in [3.8, 4) is 5.75 Å². The average molecular weight is 371 g/mol. The lowest BCUT2D eigenvalue weighted by molar-refractivity contribution is -0.137. The lowest BCUT2D eigenvalue weighted by Gasteiger charge is -2.24. The van der Waals surface area contributed by atoms with Crippen LogP contribution in [0.3, 0.4) is 0 Å². The van der Waals surface area contributed by atoms with Crippen LogP contribution in [0.5, 0.6) is 5.75 Å². The van der Waals surface area contributed by atoms with Gasteiger partial charge < -0.3 is 20.5 Å². The summed E-state index contributed by atoms with van der Waals surface area (Å²) in [6.07, 6.45) is 1.38. The highest BCUT2D eigenvalue weighted by Gasteiger charge is 2.30. The van der Waals surface area contributed by atoms with Crippen LogP contribution in [0.15, 0.2) is 48.3 Å². The van der Waals surface area contributed by atoms with E-state index in [1.54, 1.807) is 4.90 Å². The number of allylic oxidation sites excluding steroid dienone is 3. The number of hydrogen-bond donors (Lipinski definition) is 2. The zero-order valence-electron chi connectivity index (χ0n) is 14.6. The Kier molecular flexibility index (Phi) is 6.93. The van der Waals surface area contributed by atoms with Crippen molar-refractivity contribution >= 4 is 0 Å². The lowest BCUT2D eigenvalue weighted by Crippen LogP contribution is -2.39. The van der Waals surface area contributed by atoms with Gasteiger partial charge in [-0.05, 0) is 36.8 Å². The van der Waals surface area contributed by atoms with Crippen molar-refractivity contribution < 1.29 is 23.0 Å². The quantitative estimate of drug-likeness (QED) is 0.722. The second-order valence-corrected chi connectivity index (χ2v) is 5.96. The van der Waals surface area contributed by atoms with Gasteiger partial charge in [0.2, 0.25) is 0 Å². The molecule has 1 aliphatic rings. The highest BCUT2D eigenvalue weighted by atomic mass is 19.4. The van der Waals surface area contributed by atoms with E-state index in [-0.39, 0.29) is 12.4 Å². The van der Waals surface area contributed by atoms with Gasteiger partial charge in [-0.1, -0.05) is 19.1 Å². The van der Waals surface area contributed by atoms with Crippen LogP contribution in [-0.2, 0) is 6.18 Å². The van der Waals surface area contributed by atoms with E-state index in [0.29, 0.717) is 25.6 Å². The summed E-state index contributed by atoms with van der Waals surface area (Å²) in [6.45, 7) is 3.74. The second-order valence-electron chi connectivity index (χ2n) is 5.96. The smallest absolute Gasteiger partial charge is 0.416 e. The topological polar surface area (TPSA) is 62.0 Å². The largest absolute Gasteiger partial charge is 0.489 e. The molecule has 5 nitrogen and oxygen atoms in total. The van der Waals surface area contributed by atoms with E-state index in [2.05, 4.69) is 0 Å². The molecule has 1 heterocycles. The zero-order chi connectivity index (χ0) is 19.2. The normalized spacial score (nSPS) is 17.9. The molecule has 144 valence electrons. The number of nitrogens with zero attached hydrogens (tertiary/aromatic N) is 2. The van der Waals surface area contributed by atoms with Crippen molar-refractivity contribution in [3.05, 3.63) is 53.9 Å². The van der Waals surface area contributed by atoms with Gasteiger partial charge in [0.15, 0.2) is 0 Å². The predicted octanol–water partition coefficient (Wildman–Crippen LogP) is 2.74. The van der Waals surface area contributed by atoms with Crippen LogP contribution in [0.1, 0.15) is 18.9 Å². The molecule has 1 atom stereocenters. The van der Waals surface area contributed by atoms with Crippen molar-refractivity contribution in [2.45, 2.75) is 25.7 Å². The van der Waals surface area contributed by atoms with Crippen molar-refractivity contribution in [1.29, 1.82) is 0 Å². The maximum atomic E-state index is 12.5. The summed E-state index contributed by atoms with van der Waals surface area (Å²) in [5, 5.41) is 10.2. The molecule has 0 radical (unpaired) electrons. The molecule has 2 rings (SSSR count). The molecule has 0 bridgehead atoms. The summed E-state index contributed by atoms with van der Waals surface area (Å²) in [5.41, 5.74) is 5.26. The summed E-state index contributed by atoms with van der Waals surface area (Å²) in [7, 11) is 0. The number of hydrogen-bond acceptors (Lipinski definition) is 5. The first-order valence-corrected chi connectivity index (χ1v) is 8.40. The van der Waals surface area contributed by atoms with E-state index < -0.39 is 18.0 Å². The summed E-state index contributed by atoms with van der Waals surface area (Å²) in [5.74, 6) is 0.894. The first-order valence-electron chi connectivity index (χ1n) is 8.40. The van der Waals surface area contributed by atoms with E-state index >= 15 is 0 Å². The maximum Gasteiger partial charge on any atom is 0.416 e. The van der Waals surface area contributed by atoms with Crippen molar-refractivity contribution in [2.75, 3.05) is 26.4 Å². The van der Waals surface area contributed by atoms with E-state index in [0.717, 1.165) is 18.6 Å². The summed E-state index contributed by atoms with van der Waals surface area (Å²) in [4.78, 5) is 3.72. The molecule has 1 saturated heterocycles. The SMILES string of the molecule is CC/C=C\C=C(/N)N1CCN(C(O)COc2ccc(C(F)(F)F)cc2)C1. The molecule has 26 heavy (non-hydrogen) atoms. The van der Waals surface area contributed by atoms with Gasteiger partial charge in [0.25, 0.3) is 0 Å². The fourth-order valence-electron chi connectivity index (χ4n) is 2.49.